The lowest BCUT2D eigenvalue weighted by molar-refractivity contribution is 0.101. The van der Waals surface area contributed by atoms with E-state index in [4.69, 9.17) is 11.6 Å². The lowest BCUT2D eigenvalue weighted by Gasteiger charge is -2.39. The second kappa shape index (κ2) is 7.92. The van der Waals surface area contributed by atoms with Crippen LogP contribution in [-0.4, -0.2) is 57.6 Å². The van der Waals surface area contributed by atoms with Gasteiger partial charge >= 0.3 is 6.03 Å². The third-order valence-electron chi connectivity index (χ3n) is 6.46. The van der Waals surface area contributed by atoms with Gasteiger partial charge in [-0.25, -0.2) is 4.79 Å². The summed E-state index contributed by atoms with van der Waals surface area (Å²) in [7, 11) is 0. The Morgan fingerprint density at radius 2 is 1.86 bits per heavy atom. The van der Waals surface area contributed by atoms with E-state index in [0.29, 0.717) is 5.69 Å². The van der Waals surface area contributed by atoms with Crippen LogP contribution in [0, 0.1) is 12.3 Å². The smallest absolute Gasteiger partial charge is 0.323 e. The maximum absolute atomic E-state index is 12.7. The van der Waals surface area contributed by atoms with E-state index in [1.807, 2.05) is 11.0 Å². The zero-order valence-electron chi connectivity index (χ0n) is 17.0. The summed E-state index contributed by atoms with van der Waals surface area (Å²) in [5.41, 5.74) is 3.19. The molecule has 0 bridgehead atoms. The van der Waals surface area contributed by atoms with Crippen molar-refractivity contribution in [2.24, 2.45) is 5.41 Å². The number of aryl methyl sites for hydroxylation is 1. The van der Waals surface area contributed by atoms with Gasteiger partial charge in [0.25, 0.3) is 0 Å². The highest BCUT2D eigenvalue weighted by molar-refractivity contribution is 6.30. The highest BCUT2D eigenvalue weighted by Crippen LogP contribution is 2.41. The minimum Gasteiger partial charge on any atom is -0.323 e. The van der Waals surface area contributed by atoms with Crippen LogP contribution in [-0.2, 0) is 6.54 Å². The number of benzene rings is 1. The molecule has 6 nitrogen and oxygen atoms in total. The summed E-state index contributed by atoms with van der Waals surface area (Å²) in [4.78, 5) is 28.5. The number of amides is 1. The van der Waals surface area contributed by atoms with Crippen LogP contribution in [0.1, 0.15) is 47.8 Å². The van der Waals surface area contributed by atoms with Crippen LogP contribution < -0.4 is 0 Å². The summed E-state index contributed by atoms with van der Waals surface area (Å²) in [5.74, 6) is -0.130. The molecule has 2 aliphatic rings. The van der Waals surface area contributed by atoms with Gasteiger partial charge in [-0.15, -0.1) is 0 Å². The molecule has 0 unspecified atom stereocenters. The molecule has 0 N–H and O–H groups in total. The van der Waals surface area contributed by atoms with E-state index in [2.05, 4.69) is 29.1 Å². The number of hydrogen-bond donors (Lipinski definition) is 0. The summed E-state index contributed by atoms with van der Waals surface area (Å²) in [5, 5.41) is 4.89. The quantitative estimate of drug-likeness (QED) is 0.712. The van der Waals surface area contributed by atoms with Crippen LogP contribution >= 0.6 is 11.6 Å². The molecule has 0 atom stereocenters. The van der Waals surface area contributed by atoms with Crippen molar-refractivity contribution in [3.8, 4) is 0 Å². The second-order valence-corrected chi connectivity index (χ2v) is 8.94. The molecule has 0 saturated carbocycles. The summed E-state index contributed by atoms with van der Waals surface area (Å²) in [6.45, 7) is 8.14. The SMILES string of the molecule is CC(=O)c1ccn(C(=O)N2CCC3(CCN(Cc4cc(Cl)ccc4C)C3)CC2)n1. The van der Waals surface area contributed by atoms with E-state index >= 15 is 0 Å². The number of halogens is 1. The van der Waals surface area contributed by atoms with Crippen molar-refractivity contribution in [3.63, 3.8) is 0 Å². The molecule has 3 heterocycles. The minimum absolute atomic E-state index is 0.130. The monoisotopic (exact) mass is 414 g/mol. The van der Waals surface area contributed by atoms with Crippen molar-refractivity contribution >= 4 is 23.4 Å². The molecule has 2 saturated heterocycles. The maximum Gasteiger partial charge on any atom is 0.344 e. The van der Waals surface area contributed by atoms with E-state index in [9.17, 15) is 9.59 Å². The van der Waals surface area contributed by atoms with Crippen molar-refractivity contribution in [1.29, 1.82) is 0 Å². The molecule has 2 aromatic rings. The molecule has 2 aliphatic heterocycles. The Morgan fingerprint density at radius 1 is 1.14 bits per heavy atom. The average Bonchev–Trinajstić information content (AvgIpc) is 3.33. The first kappa shape index (κ1) is 20.1. The molecule has 0 aliphatic carbocycles. The average molecular weight is 415 g/mol. The Morgan fingerprint density at radius 3 is 2.55 bits per heavy atom. The summed E-state index contributed by atoms with van der Waals surface area (Å²) >= 11 is 6.18. The first-order chi connectivity index (χ1) is 13.8. The molecule has 1 aromatic heterocycles. The Balaban J connectivity index is 1.35. The van der Waals surface area contributed by atoms with Gasteiger partial charge in [0.15, 0.2) is 5.78 Å². The zero-order chi connectivity index (χ0) is 20.6. The fourth-order valence-corrected chi connectivity index (χ4v) is 4.75. The van der Waals surface area contributed by atoms with Gasteiger partial charge in [0.05, 0.1) is 0 Å². The molecule has 29 heavy (non-hydrogen) atoms. The zero-order valence-corrected chi connectivity index (χ0v) is 17.8. The van der Waals surface area contributed by atoms with Crippen LogP contribution in [0.25, 0.3) is 0 Å². The van der Waals surface area contributed by atoms with E-state index < -0.39 is 0 Å². The van der Waals surface area contributed by atoms with Crippen molar-refractivity contribution in [2.45, 2.75) is 39.7 Å². The predicted molar refractivity (Wildman–Crippen MR) is 112 cm³/mol. The van der Waals surface area contributed by atoms with Gasteiger partial charge in [-0.3, -0.25) is 9.69 Å². The highest BCUT2D eigenvalue weighted by atomic mass is 35.5. The molecule has 0 radical (unpaired) electrons. The number of rotatable bonds is 3. The van der Waals surface area contributed by atoms with Gasteiger partial charge in [-0.2, -0.15) is 9.78 Å². The van der Waals surface area contributed by atoms with E-state index in [0.717, 1.165) is 50.6 Å². The normalized spacial score (nSPS) is 19.1. The molecule has 4 rings (SSSR count). The van der Waals surface area contributed by atoms with Crippen LogP contribution in [0.4, 0.5) is 4.79 Å². The summed E-state index contributed by atoms with van der Waals surface area (Å²) < 4.78 is 1.29. The third kappa shape index (κ3) is 4.23. The third-order valence-corrected chi connectivity index (χ3v) is 6.70. The Bertz CT molecular complexity index is 931. The van der Waals surface area contributed by atoms with Crippen LogP contribution in [0.3, 0.4) is 0 Å². The van der Waals surface area contributed by atoms with Gasteiger partial charge in [-0.1, -0.05) is 17.7 Å². The lowest BCUT2D eigenvalue weighted by Crippen LogP contribution is -2.45. The number of hydrogen-bond acceptors (Lipinski definition) is 4. The molecule has 1 amide bonds. The van der Waals surface area contributed by atoms with Gasteiger partial charge in [0.1, 0.15) is 5.69 Å². The number of carbonyl (C=O) groups excluding carboxylic acids is 2. The molecular weight excluding hydrogens is 388 g/mol. The Labute approximate surface area is 176 Å². The van der Waals surface area contributed by atoms with Crippen LogP contribution in [0.15, 0.2) is 30.5 Å². The largest absolute Gasteiger partial charge is 0.344 e. The van der Waals surface area contributed by atoms with Crippen molar-refractivity contribution in [2.75, 3.05) is 26.2 Å². The standard InChI is InChI=1S/C22H27ClN4O2/c1-16-3-4-19(23)13-18(16)14-25-10-6-22(15-25)7-11-26(12-8-22)21(29)27-9-5-20(24-27)17(2)28/h3-5,9,13H,6-8,10-12,14-15H2,1-2H3. The van der Waals surface area contributed by atoms with Gasteiger partial charge in [-0.05, 0) is 67.5 Å². The Hall–Kier alpha value is -2.18. The van der Waals surface area contributed by atoms with E-state index in [1.54, 1.807) is 12.3 Å². The summed E-state index contributed by atoms with van der Waals surface area (Å²) in [6.07, 6.45) is 4.76. The van der Waals surface area contributed by atoms with E-state index in [1.165, 1.54) is 29.2 Å². The first-order valence-corrected chi connectivity index (χ1v) is 10.6. The number of piperidine rings is 1. The van der Waals surface area contributed by atoms with Gasteiger partial charge in [0, 0.05) is 44.3 Å². The summed E-state index contributed by atoms with van der Waals surface area (Å²) in [6, 6.07) is 7.55. The molecule has 1 aromatic carbocycles. The van der Waals surface area contributed by atoms with Crippen LogP contribution in [0.5, 0.6) is 0 Å². The minimum atomic E-state index is -0.142. The van der Waals surface area contributed by atoms with Gasteiger partial charge in [0.2, 0.25) is 0 Å². The number of likely N-dealkylation sites (tertiary alicyclic amines) is 2. The molecule has 154 valence electrons. The first-order valence-electron chi connectivity index (χ1n) is 10.2. The molecule has 7 heteroatoms. The molecular formula is C22H27ClN4O2. The van der Waals surface area contributed by atoms with Crippen molar-refractivity contribution in [3.05, 3.63) is 52.3 Å². The van der Waals surface area contributed by atoms with Gasteiger partial charge < -0.3 is 4.90 Å². The maximum atomic E-state index is 12.7. The van der Waals surface area contributed by atoms with Crippen LogP contribution in [0.2, 0.25) is 5.02 Å². The fraction of sp³-hybridized carbons (Fsp3) is 0.500. The van der Waals surface area contributed by atoms with Crippen molar-refractivity contribution < 1.29 is 9.59 Å². The van der Waals surface area contributed by atoms with Crippen molar-refractivity contribution in [1.82, 2.24) is 19.6 Å². The van der Waals surface area contributed by atoms with E-state index in [-0.39, 0.29) is 17.2 Å². The second-order valence-electron chi connectivity index (χ2n) is 8.50. The topological polar surface area (TPSA) is 58.4 Å². The number of nitrogens with zero attached hydrogens (tertiary/aromatic N) is 4. The fourth-order valence-electron chi connectivity index (χ4n) is 4.56. The molecule has 2 fully saturated rings. The lowest BCUT2D eigenvalue weighted by atomic mass is 9.78. The highest BCUT2D eigenvalue weighted by Gasteiger charge is 2.41. The number of carbonyl (C=O) groups is 2. The number of ketones is 1. The molecule has 1 spiro atoms. The number of Topliss-reactive ketones (excluding diaryl/α,β-unsaturated/α-hetero) is 1. The predicted octanol–water partition coefficient (Wildman–Crippen LogP) is 4.00. The number of aromatic nitrogens is 2. The Kier molecular flexibility index (Phi) is 5.49.